The molecule has 2 aliphatic heterocycles. The molecule has 5 rings (SSSR count). The molecule has 41 heavy (non-hydrogen) atoms. The lowest BCUT2D eigenvalue weighted by Gasteiger charge is -2.41. The Labute approximate surface area is 259 Å². The Hall–Kier alpha value is -1.88. The summed E-state index contributed by atoms with van der Waals surface area (Å²) in [5.41, 5.74) is 3.76. The van der Waals surface area contributed by atoms with Crippen LogP contribution in [0.4, 0.5) is 13.2 Å². The molecule has 2 aromatic heterocycles. The number of halogens is 6. The van der Waals surface area contributed by atoms with E-state index in [1.165, 1.54) is 43.6 Å². The van der Waals surface area contributed by atoms with Crippen LogP contribution >= 0.6 is 37.2 Å². The third-order valence-corrected chi connectivity index (χ3v) is 7.88. The summed E-state index contributed by atoms with van der Waals surface area (Å²) in [7, 11) is 2.20. The predicted molar refractivity (Wildman–Crippen MR) is 167 cm³/mol. The average molecular weight is 636 g/mol. The summed E-state index contributed by atoms with van der Waals surface area (Å²) >= 11 is 0. The Balaban J connectivity index is 0.00000196. The lowest BCUT2D eigenvalue weighted by molar-refractivity contribution is -0.146. The van der Waals surface area contributed by atoms with Crippen molar-refractivity contribution in [3.05, 3.63) is 64.6 Å². The van der Waals surface area contributed by atoms with E-state index in [1.54, 1.807) is 19.9 Å². The molecular weight excluding hydrogens is 596 g/mol. The molecule has 0 unspecified atom stereocenters. The zero-order valence-electron chi connectivity index (χ0n) is 23.7. The van der Waals surface area contributed by atoms with E-state index in [4.69, 9.17) is 0 Å². The fourth-order valence-electron chi connectivity index (χ4n) is 5.68. The average Bonchev–Trinajstić information content (AvgIpc) is 3.25. The molecule has 4 heterocycles. The molecule has 0 saturated carbocycles. The Morgan fingerprint density at radius 1 is 0.902 bits per heavy atom. The number of likely N-dealkylation sites (N-methyl/N-ethyl adjacent to an activating group) is 1. The third kappa shape index (κ3) is 8.58. The number of fused-ring (bicyclic) bond motifs is 1. The van der Waals surface area contributed by atoms with Gasteiger partial charge in [0.15, 0.2) is 5.65 Å². The second-order valence-corrected chi connectivity index (χ2v) is 10.8. The van der Waals surface area contributed by atoms with Crippen LogP contribution in [-0.2, 0) is 12.7 Å². The number of aryl methyl sites for hydroxylation is 2. The van der Waals surface area contributed by atoms with Crippen LogP contribution in [0.5, 0.6) is 0 Å². The van der Waals surface area contributed by atoms with E-state index in [-0.39, 0.29) is 49.4 Å². The van der Waals surface area contributed by atoms with Crippen molar-refractivity contribution < 1.29 is 13.2 Å². The van der Waals surface area contributed by atoms with Crippen LogP contribution in [0, 0.1) is 13.8 Å². The largest absolute Gasteiger partial charge is 0.449 e. The van der Waals surface area contributed by atoms with Crippen LogP contribution in [0.15, 0.2) is 36.4 Å². The molecule has 0 aliphatic carbocycles. The molecule has 0 bridgehead atoms. The van der Waals surface area contributed by atoms with E-state index >= 15 is 0 Å². The second-order valence-electron chi connectivity index (χ2n) is 10.8. The summed E-state index contributed by atoms with van der Waals surface area (Å²) in [6, 6.07) is 10.2. The third-order valence-electron chi connectivity index (χ3n) is 7.88. The van der Waals surface area contributed by atoms with Gasteiger partial charge in [-0.2, -0.15) is 13.2 Å². The van der Waals surface area contributed by atoms with Gasteiger partial charge in [-0.15, -0.1) is 37.2 Å². The molecule has 2 fully saturated rings. The first-order valence-electron chi connectivity index (χ1n) is 13.5. The van der Waals surface area contributed by atoms with Crippen molar-refractivity contribution in [2.45, 2.75) is 45.5 Å². The number of benzene rings is 1. The number of hydrogen-bond acceptors (Lipinski definition) is 5. The molecule has 6 nitrogen and oxygen atoms in total. The van der Waals surface area contributed by atoms with Crippen molar-refractivity contribution in [2.75, 3.05) is 52.9 Å². The molecule has 0 atom stereocenters. The van der Waals surface area contributed by atoms with Crippen LogP contribution in [0.3, 0.4) is 0 Å². The van der Waals surface area contributed by atoms with Crippen molar-refractivity contribution in [1.29, 1.82) is 0 Å². The molecule has 0 radical (unpaired) electrons. The summed E-state index contributed by atoms with van der Waals surface area (Å²) in [5.74, 6) is -0.908. The second kappa shape index (κ2) is 15.0. The number of alkyl halides is 3. The minimum Gasteiger partial charge on any atom is -0.304 e. The lowest BCUT2D eigenvalue weighted by atomic mass is 10.0. The van der Waals surface area contributed by atoms with Crippen molar-refractivity contribution in [3.8, 4) is 0 Å². The highest BCUT2D eigenvalue weighted by atomic mass is 35.5. The summed E-state index contributed by atoms with van der Waals surface area (Å²) in [6.07, 6.45) is 2.18. The smallest absolute Gasteiger partial charge is 0.304 e. The number of nitrogens with zero attached hydrogens (tertiary/aromatic N) is 6. The van der Waals surface area contributed by atoms with Gasteiger partial charge >= 0.3 is 6.18 Å². The first-order chi connectivity index (χ1) is 18.2. The maximum Gasteiger partial charge on any atom is 0.449 e. The lowest BCUT2D eigenvalue weighted by Crippen LogP contribution is -2.52. The molecule has 12 heteroatoms. The van der Waals surface area contributed by atoms with Gasteiger partial charge in [0.1, 0.15) is 5.52 Å². The first kappa shape index (κ1) is 35.3. The summed E-state index contributed by atoms with van der Waals surface area (Å²) in [4.78, 5) is 15.9. The number of piperidine rings is 1. The maximum atomic E-state index is 13.8. The van der Waals surface area contributed by atoms with Gasteiger partial charge in [0.25, 0.3) is 0 Å². The summed E-state index contributed by atoms with van der Waals surface area (Å²) < 4.78 is 42.5. The van der Waals surface area contributed by atoms with Gasteiger partial charge in [0.05, 0.1) is 6.54 Å². The highest BCUT2D eigenvalue weighted by molar-refractivity contribution is 5.86. The molecule has 1 aromatic carbocycles. The highest BCUT2D eigenvalue weighted by Gasteiger charge is 2.38. The number of rotatable bonds is 6. The van der Waals surface area contributed by atoms with E-state index in [0.717, 1.165) is 30.8 Å². The van der Waals surface area contributed by atoms with Crippen molar-refractivity contribution in [2.24, 2.45) is 0 Å². The van der Waals surface area contributed by atoms with Crippen molar-refractivity contribution in [3.63, 3.8) is 0 Å². The fraction of sp³-hybridized carbons (Fsp3) is 0.517. The molecule has 0 N–H and O–H groups in total. The van der Waals surface area contributed by atoms with E-state index < -0.39 is 12.0 Å². The summed E-state index contributed by atoms with van der Waals surface area (Å²) in [6.45, 7) is 11.5. The Bertz CT molecular complexity index is 1280. The van der Waals surface area contributed by atoms with E-state index in [2.05, 4.69) is 43.9 Å². The Kier molecular flexibility index (Phi) is 12.9. The quantitative estimate of drug-likeness (QED) is 0.327. The molecule has 0 amide bonds. The topological polar surface area (TPSA) is 40.4 Å². The van der Waals surface area contributed by atoms with E-state index in [1.807, 2.05) is 24.3 Å². The standard InChI is InChI=1S/C29H37F3N6.3ClH/c1-21-19-22(2)33-27-26(21)34-28(29(30,31)32)38(27)20-24-8-6-23(7-9-24)5-4-12-36-13-10-25(11-14-36)37-17-15-35(3)16-18-37;;;/h4-9,19,25H,10-18,20H2,1-3H3;3*1H/b5-4+;;;. The molecular formula is C29H40Cl3F3N6. The van der Waals surface area contributed by atoms with Gasteiger partial charge in [-0.3, -0.25) is 9.80 Å². The van der Waals surface area contributed by atoms with Crippen LogP contribution in [-0.4, -0.2) is 88.1 Å². The maximum absolute atomic E-state index is 13.8. The normalized spacial score (nSPS) is 17.8. The van der Waals surface area contributed by atoms with Gasteiger partial charge in [0.2, 0.25) is 5.82 Å². The minimum atomic E-state index is -4.55. The number of aromatic nitrogens is 3. The number of hydrogen-bond donors (Lipinski definition) is 0. The van der Waals surface area contributed by atoms with Gasteiger partial charge in [0, 0.05) is 44.5 Å². The zero-order chi connectivity index (χ0) is 26.9. The summed E-state index contributed by atoms with van der Waals surface area (Å²) in [5, 5.41) is 0. The molecule has 228 valence electrons. The van der Waals surface area contributed by atoms with Crippen LogP contribution < -0.4 is 0 Å². The zero-order valence-corrected chi connectivity index (χ0v) is 26.2. The van der Waals surface area contributed by atoms with Crippen molar-refractivity contribution in [1.82, 2.24) is 29.2 Å². The predicted octanol–water partition coefficient (Wildman–Crippen LogP) is 6.11. The highest BCUT2D eigenvalue weighted by Crippen LogP contribution is 2.32. The van der Waals surface area contributed by atoms with Crippen molar-refractivity contribution >= 4 is 54.5 Å². The van der Waals surface area contributed by atoms with E-state index in [0.29, 0.717) is 22.8 Å². The molecule has 0 spiro atoms. The number of piperazine rings is 1. The molecule has 3 aromatic rings. The molecule has 2 aliphatic rings. The minimum absolute atomic E-state index is 0. The number of likely N-dealkylation sites (tertiary alicyclic amines) is 1. The van der Waals surface area contributed by atoms with E-state index in [9.17, 15) is 13.2 Å². The Morgan fingerprint density at radius 3 is 2.15 bits per heavy atom. The monoisotopic (exact) mass is 634 g/mol. The van der Waals surface area contributed by atoms with Crippen LogP contribution in [0.2, 0.25) is 0 Å². The van der Waals surface area contributed by atoms with Gasteiger partial charge < -0.3 is 9.47 Å². The first-order valence-corrected chi connectivity index (χ1v) is 13.5. The number of pyridine rings is 1. The number of imidazole rings is 1. The van der Waals surface area contributed by atoms with Gasteiger partial charge in [-0.25, -0.2) is 9.97 Å². The SMILES string of the molecule is Cc1cc(C)c2nc(C(F)(F)F)n(Cc3ccc(/C=C/CN4CCC(N5CCN(C)CC5)CC4)cc3)c2n1.Cl.Cl.Cl. The van der Waals surface area contributed by atoms with Crippen LogP contribution in [0.25, 0.3) is 17.2 Å². The van der Waals surface area contributed by atoms with Crippen LogP contribution in [0.1, 0.15) is 41.1 Å². The fourth-order valence-corrected chi connectivity index (χ4v) is 5.68. The molecule has 2 saturated heterocycles. The van der Waals surface area contributed by atoms with Gasteiger partial charge in [-0.1, -0.05) is 36.4 Å². The Morgan fingerprint density at radius 2 is 1.54 bits per heavy atom. The van der Waals surface area contributed by atoms with Gasteiger partial charge in [-0.05, 0) is 69.6 Å².